The first-order valence-electron chi connectivity index (χ1n) is 4.74. The van der Waals surface area contributed by atoms with Gasteiger partial charge in [0.15, 0.2) is 0 Å². The second-order valence-corrected chi connectivity index (χ2v) is 3.44. The fourth-order valence-corrected chi connectivity index (χ4v) is 1.71. The lowest BCUT2D eigenvalue weighted by Gasteiger charge is -2.10. The van der Waals surface area contributed by atoms with Crippen molar-refractivity contribution in [1.29, 1.82) is 0 Å². The Morgan fingerprint density at radius 3 is 2.79 bits per heavy atom. The second-order valence-electron chi connectivity index (χ2n) is 3.44. The van der Waals surface area contributed by atoms with Gasteiger partial charge in [-0.1, -0.05) is 18.2 Å². The Bertz CT molecular complexity index is 316. The van der Waals surface area contributed by atoms with E-state index in [0.29, 0.717) is 0 Å². The lowest BCUT2D eigenvalue weighted by atomic mass is 10.0. The topological polar surface area (TPSA) is 36.1 Å². The van der Waals surface area contributed by atoms with Crippen molar-refractivity contribution in [3.63, 3.8) is 0 Å². The molecule has 1 aromatic carbocycles. The Morgan fingerprint density at radius 2 is 2.14 bits per heavy atom. The van der Waals surface area contributed by atoms with Crippen LogP contribution < -0.4 is 16.2 Å². The molecular weight excluding hydrogens is 181 g/mol. The summed E-state index contributed by atoms with van der Waals surface area (Å²) >= 11 is 0. The van der Waals surface area contributed by atoms with Crippen molar-refractivity contribution >= 4 is 0 Å². The molecule has 2 atom stereocenters. The molecule has 0 radical (unpaired) electrons. The Kier molecular flexibility index (Phi) is 2.77. The van der Waals surface area contributed by atoms with Gasteiger partial charge in [0.1, 0.15) is 5.82 Å². The van der Waals surface area contributed by atoms with Crippen LogP contribution in [0.3, 0.4) is 0 Å². The molecule has 1 heterocycles. The fraction of sp³-hybridized carbons (Fsp3) is 0.400. The molecule has 76 valence electrons. The highest BCUT2D eigenvalue weighted by atomic mass is 19.1. The molecule has 1 fully saturated rings. The standard InChI is InChI=1S/C10H14FN3/c1-12-10-6-9(13-14-10)7-4-2-3-5-8(7)11/h2-5,9-10,12-14H,6H2,1H3. The van der Waals surface area contributed by atoms with Gasteiger partial charge >= 0.3 is 0 Å². The molecule has 3 N–H and O–H groups in total. The molecule has 0 spiro atoms. The predicted molar refractivity (Wildman–Crippen MR) is 52.9 cm³/mol. The van der Waals surface area contributed by atoms with Crippen LogP contribution in [0, 0.1) is 5.82 Å². The van der Waals surface area contributed by atoms with Crippen LogP contribution in [-0.4, -0.2) is 13.2 Å². The zero-order valence-electron chi connectivity index (χ0n) is 8.05. The lowest BCUT2D eigenvalue weighted by molar-refractivity contribution is 0.493. The summed E-state index contributed by atoms with van der Waals surface area (Å²) in [6.45, 7) is 0. The molecule has 0 aromatic heterocycles. The summed E-state index contributed by atoms with van der Waals surface area (Å²) in [7, 11) is 1.88. The van der Waals surface area contributed by atoms with E-state index in [1.165, 1.54) is 6.07 Å². The van der Waals surface area contributed by atoms with E-state index in [9.17, 15) is 4.39 Å². The highest BCUT2D eigenvalue weighted by Crippen LogP contribution is 2.23. The number of hydrogen-bond acceptors (Lipinski definition) is 3. The van der Waals surface area contributed by atoms with Gasteiger partial charge in [0.2, 0.25) is 0 Å². The summed E-state index contributed by atoms with van der Waals surface area (Å²) in [4.78, 5) is 0. The molecule has 0 amide bonds. The highest BCUT2D eigenvalue weighted by Gasteiger charge is 2.25. The van der Waals surface area contributed by atoms with Gasteiger partial charge in [0.05, 0.1) is 12.2 Å². The molecule has 0 saturated carbocycles. The fourth-order valence-electron chi connectivity index (χ4n) is 1.71. The molecule has 2 unspecified atom stereocenters. The van der Waals surface area contributed by atoms with Gasteiger partial charge in [0.25, 0.3) is 0 Å². The van der Waals surface area contributed by atoms with Crippen LogP contribution in [0.2, 0.25) is 0 Å². The summed E-state index contributed by atoms with van der Waals surface area (Å²) in [6, 6.07) is 6.91. The first-order valence-corrected chi connectivity index (χ1v) is 4.74. The van der Waals surface area contributed by atoms with Crippen molar-refractivity contribution in [2.45, 2.75) is 18.6 Å². The average Bonchev–Trinajstić information content (AvgIpc) is 2.67. The minimum absolute atomic E-state index is 0.0497. The molecule has 1 aliphatic rings. The van der Waals surface area contributed by atoms with E-state index in [0.717, 1.165) is 12.0 Å². The molecule has 1 saturated heterocycles. The third kappa shape index (κ3) is 1.77. The van der Waals surface area contributed by atoms with Crippen LogP contribution in [0.15, 0.2) is 24.3 Å². The van der Waals surface area contributed by atoms with Gasteiger partial charge in [-0.2, -0.15) is 0 Å². The lowest BCUT2D eigenvalue weighted by Crippen LogP contribution is -2.39. The summed E-state index contributed by atoms with van der Waals surface area (Å²) in [5, 5.41) is 3.09. The maximum Gasteiger partial charge on any atom is 0.128 e. The van der Waals surface area contributed by atoms with Crippen molar-refractivity contribution in [3.05, 3.63) is 35.6 Å². The first kappa shape index (κ1) is 9.58. The van der Waals surface area contributed by atoms with Gasteiger partial charge in [-0.15, -0.1) is 0 Å². The zero-order valence-corrected chi connectivity index (χ0v) is 8.05. The smallest absolute Gasteiger partial charge is 0.128 e. The number of nitrogens with one attached hydrogen (secondary N) is 3. The van der Waals surface area contributed by atoms with E-state index in [2.05, 4.69) is 16.2 Å². The molecule has 4 heteroatoms. The Balaban J connectivity index is 2.13. The third-order valence-corrected chi connectivity index (χ3v) is 2.53. The molecule has 14 heavy (non-hydrogen) atoms. The first-order chi connectivity index (χ1) is 6.81. The molecule has 0 aliphatic carbocycles. The number of hydrogen-bond donors (Lipinski definition) is 3. The zero-order chi connectivity index (χ0) is 9.97. The van der Waals surface area contributed by atoms with Gasteiger partial charge < -0.3 is 5.32 Å². The quantitative estimate of drug-likeness (QED) is 0.656. The maximum atomic E-state index is 13.4. The van der Waals surface area contributed by atoms with Gasteiger partial charge in [-0.25, -0.2) is 15.2 Å². The minimum atomic E-state index is -0.149. The molecular formula is C10H14FN3. The van der Waals surface area contributed by atoms with Crippen LogP contribution in [-0.2, 0) is 0 Å². The van der Waals surface area contributed by atoms with E-state index >= 15 is 0 Å². The SMILES string of the molecule is CNC1CC(c2ccccc2F)NN1. The van der Waals surface area contributed by atoms with E-state index in [-0.39, 0.29) is 18.0 Å². The summed E-state index contributed by atoms with van der Waals surface area (Å²) in [5.74, 6) is -0.149. The van der Waals surface area contributed by atoms with Gasteiger partial charge in [-0.05, 0) is 19.5 Å². The predicted octanol–water partition coefficient (Wildman–Crippen LogP) is 0.910. The molecule has 1 aliphatic heterocycles. The minimum Gasteiger partial charge on any atom is -0.304 e. The Hall–Kier alpha value is -0.970. The molecule has 2 rings (SSSR count). The number of hydrazine groups is 1. The monoisotopic (exact) mass is 195 g/mol. The van der Waals surface area contributed by atoms with Gasteiger partial charge in [-0.3, -0.25) is 0 Å². The highest BCUT2D eigenvalue weighted by molar-refractivity contribution is 5.22. The second kappa shape index (κ2) is 4.04. The number of halogens is 1. The third-order valence-electron chi connectivity index (χ3n) is 2.53. The van der Waals surface area contributed by atoms with Crippen molar-refractivity contribution in [3.8, 4) is 0 Å². The van der Waals surface area contributed by atoms with Crippen molar-refractivity contribution in [1.82, 2.24) is 16.2 Å². The van der Waals surface area contributed by atoms with Gasteiger partial charge in [0, 0.05) is 5.56 Å². The molecule has 0 bridgehead atoms. The summed E-state index contributed by atoms with van der Waals surface area (Å²) in [5.41, 5.74) is 6.84. The number of benzene rings is 1. The Morgan fingerprint density at radius 1 is 1.36 bits per heavy atom. The number of rotatable bonds is 2. The van der Waals surface area contributed by atoms with Crippen LogP contribution >= 0.6 is 0 Å². The summed E-state index contributed by atoms with van der Waals surface area (Å²) in [6.07, 6.45) is 1.05. The molecule has 3 nitrogen and oxygen atoms in total. The summed E-state index contributed by atoms with van der Waals surface area (Å²) < 4.78 is 13.4. The van der Waals surface area contributed by atoms with Crippen molar-refractivity contribution < 1.29 is 4.39 Å². The van der Waals surface area contributed by atoms with Crippen LogP contribution in [0.1, 0.15) is 18.0 Å². The van der Waals surface area contributed by atoms with Crippen LogP contribution in [0.5, 0.6) is 0 Å². The van der Waals surface area contributed by atoms with Crippen LogP contribution in [0.25, 0.3) is 0 Å². The maximum absolute atomic E-state index is 13.4. The molecule has 1 aromatic rings. The van der Waals surface area contributed by atoms with E-state index in [4.69, 9.17) is 0 Å². The van der Waals surface area contributed by atoms with E-state index in [1.54, 1.807) is 6.07 Å². The van der Waals surface area contributed by atoms with Crippen molar-refractivity contribution in [2.24, 2.45) is 0 Å². The van der Waals surface area contributed by atoms with E-state index in [1.807, 2.05) is 19.2 Å². The van der Waals surface area contributed by atoms with Crippen molar-refractivity contribution in [2.75, 3.05) is 7.05 Å². The average molecular weight is 195 g/mol. The largest absolute Gasteiger partial charge is 0.304 e. The van der Waals surface area contributed by atoms with Crippen LogP contribution in [0.4, 0.5) is 4.39 Å². The normalized spacial score (nSPS) is 26.7. The Labute approximate surface area is 82.7 Å². The van der Waals surface area contributed by atoms with E-state index < -0.39 is 0 Å².